The lowest BCUT2D eigenvalue weighted by Crippen LogP contribution is -2.37. The fourth-order valence-electron chi connectivity index (χ4n) is 0.924. The van der Waals surface area contributed by atoms with Crippen molar-refractivity contribution in [1.29, 1.82) is 0 Å². The van der Waals surface area contributed by atoms with E-state index in [-0.39, 0.29) is 5.75 Å². The summed E-state index contributed by atoms with van der Waals surface area (Å²) in [5.74, 6) is -2.40. The number of amidine groups is 1. The largest absolute Gasteiger partial charge is 0.409 e. The fraction of sp³-hybridized carbons (Fsp3) is 0.875. The molecule has 0 aromatic heterocycles. The summed E-state index contributed by atoms with van der Waals surface area (Å²) in [6.45, 7) is 0.507. The second-order valence-corrected chi connectivity index (χ2v) is 4.19. The van der Waals surface area contributed by atoms with Crippen molar-refractivity contribution in [3.8, 4) is 0 Å². The minimum Gasteiger partial charge on any atom is -0.409 e. The van der Waals surface area contributed by atoms with Crippen LogP contribution in [0.2, 0.25) is 0 Å². The molecule has 0 bridgehead atoms. The van der Waals surface area contributed by atoms with Crippen LogP contribution in [-0.4, -0.2) is 42.4 Å². The van der Waals surface area contributed by atoms with Gasteiger partial charge in [0.25, 0.3) is 0 Å². The van der Waals surface area contributed by atoms with Crippen molar-refractivity contribution < 1.29 is 23.1 Å². The van der Waals surface area contributed by atoms with Gasteiger partial charge in [-0.05, 0) is 12.2 Å². The molecular weight excluding hydrogens is 245 g/mol. The van der Waals surface area contributed by atoms with Gasteiger partial charge < -0.3 is 15.7 Å². The van der Waals surface area contributed by atoms with Gasteiger partial charge in [-0.15, -0.1) is 0 Å². The van der Waals surface area contributed by atoms with Gasteiger partial charge in [-0.2, -0.15) is 24.9 Å². The van der Waals surface area contributed by atoms with E-state index in [2.05, 4.69) is 5.16 Å². The standard InChI is InChI=1S/C8H15F3N2O2S/c1-15-3-2-4-16-5-6(7(12)13-14)8(9,10)11/h6,14H,2-5H2,1H3,(H2,12,13). The smallest absolute Gasteiger partial charge is 0.399 e. The molecule has 1 atom stereocenters. The molecule has 0 aliphatic heterocycles. The molecule has 0 aromatic rings. The lowest BCUT2D eigenvalue weighted by molar-refractivity contribution is -0.150. The highest BCUT2D eigenvalue weighted by Gasteiger charge is 2.42. The van der Waals surface area contributed by atoms with Crippen LogP contribution in [0.3, 0.4) is 0 Å². The van der Waals surface area contributed by atoms with E-state index < -0.39 is 17.9 Å². The van der Waals surface area contributed by atoms with E-state index in [0.717, 1.165) is 11.8 Å². The summed E-state index contributed by atoms with van der Waals surface area (Å²) in [4.78, 5) is 0. The Hall–Kier alpha value is -0.630. The van der Waals surface area contributed by atoms with E-state index in [1.165, 1.54) is 7.11 Å². The van der Waals surface area contributed by atoms with Gasteiger partial charge in [-0.3, -0.25) is 0 Å². The van der Waals surface area contributed by atoms with Crippen LogP contribution >= 0.6 is 11.8 Å². The van der Waals surface area contributed by atoms with Crippen molar-refractivity contribution in [3.63, 3.8) is 0 Å². The molecule has 0 rings (SSSR count). The first-order valence-electron chi connectivity index (χ1n) is 4.54. The number of hydrogen-bond acceptors (Lipinski definition) is 4. The van der Waals surface area contributed by atoms with Crippen LogP contribution < -0.4 is 5.73 Å². The predicted molar refractivity (Wildman–Crippen MR) is 56.8 cm³/mol. The first kappa shape index (κ1) is 15.4. The van der Waals surface area contributed by atoms with E-state index in [4.69, 9.17) is 15.7 Å². The average Bonchev–Trinajstić information content (AvgIpc) is 2.20. The summed E-state index contributed by atoms with van der Waals surface area (Å²) >= 11 is 1.10. The van der Waals surface area contributed by atoms with Crippen LogP contribution in [-0.2, 0) is 4.74 Å². The summed E-state index contributed by atoms with van der Waals surface area (Å²) in [7, 11) is 1.53. The molecule has 0 aromatic carbocycles. The minimum atomic E-state index is -4.48. The van der Waals surface area contributed by atoms with Gasteiger partial charge in [0.05, 0.1) is 0 Å². The van der Waals surface area contributed by atoms with E-state index in [0.29, 0.717) is 18.8 Å². The second-order valence-electron chi connectivity index (χ2n) is 3.04. The molecule has 0 fully saturated rings. The molecular formula is C8H15F3N2O2S. The zero-order chi connectivity index (χ0) is 12.6. The van der Waals surface area contributed by atoms with Crippen LogP contribution in [0.5, 0.6) is 0 Å². The molecule has 0 aliphatic rings. The number of nitrogens with two attached hydrogens (primary N) is 1. The van der Waals surface area contributed by atoms with E-state index in [1.54, 1.807) is 0 Å². The Labute approximate surface area is 96.0 Å². The van der Waals surface area contributed by atoms with Crippen LogP contribution in [0.1, 0.15) is 6.42 Å². The Morgan fingerprint density at radius 1 is 1.56 bits per heavy atom. The second kappa shape index (κ2) is 7.61. The van der Waals surface area contributed by atoms with Gasteiger partial charge in [0.15, 0.2) is 5.84 Å². The SMILES string of the molecule is COCCCSCC(C(N)=NO)C(F)(F)F. The zero-order valence-corrected chi connectivity index (χ0v) is 9.64. The molecule has 0 aliphatic carbocycles. The Kier molecular flexibility index (Phi) is 7.31. The van der Waals surface area contributed by atoms with Crippen LogP contribution in [0.25, 0.3) is 0 Å². The molecule has 8 heteroatoms. The van der Waals surface area contributed by atoms with Gasteiger partial charge in [0, 0.05) is 19.5 Å². The predicted octanol–water partition coefficient (Wildman–Crippen LogP) is 1.68. The van der Waals surface area contributed by atoms with Gasteiger partial charge in [-0.1, -0.05) is 5.16 Å². The van der Waals surface area contributed by atoms with Crippen molar-refractivity contribution in [2.75, 3.05) is 25.2 Å². The summed E-state index contributed by atoms with van der Waals surface area (Å²) in [6, 6.07) is 0. The molecule has 0 saturated carbocycles. The number of alkyl halides is 3. The number of nitrogens with zero attached hydrogens (tertiary/aromatic N) is 1. The summed E-state index contributed by atoms with van der Waals surface area (Å²) in [5, 5.41) is 10.6. The number of rotatable bonds is 7. The highest BCUT2D eigenvalue weighted by molar-refractivity contribution is 7.99. The van der Waals surface area contributed by atoms with Gasteiger partial charge in [0.2, 0.25) is 0 Å². The Balaban J connectivity index is 4.05. The summed E-state index contributed by atoms with van der Waals surface area (Å²) < 4.78 is 42.0. The number of methoxy groups -OCH3 is 1. The lowest BCUT2D eigenvalue weighted by Gasteiger charge is -2.18. The van der Waals surface area contributed by atoms with Crippen molar-refractivity contribution >= 4 is 17.6 Å². The zero-order valence-electron chi connectivity index (χ0n) is 8.83. The molecule has 0 amide bonds. The average molecular weight is 260 g/mol. The molecule has 4 nitrogen and oxygen atoms in total. The maximum Gasteiger partial charge on any atom is 0.399 e. The third kappa shape index (κ3) is 6.06. The number of halogens is 3. The van der Waals surface area contributed by atoms with Gasteiger partial charge >= 0.3 is 6.18 Å². The van der Waals surface area contributed by atoms with Crippen molar-refractivity contribution in [1.82, 2.24) is 0 Å². The topological polar surface area (TPSA) is 67.8 Å². The lowest BCUT2D eigenvalue weighted by atomic mass is 10.1. The molecule has 3 N–H and O–H groups in total. The first-order valence-corrected chi connectivity index (χ1v) is 5.69. The normalized spacial score (nSPS) is 15.1. The molecule has 1 unspecified atom stereocenters. The Bertz CT molecular complexity index is 224. The monoisotopic (exact) mass is 260 g/mol. The third-order valence-corrected chi connectivity index (χ3v) is 2.94. The third-order valence-electron chi connectivity index (χ3n) is 1.79. The van der Waals surface area contributed by atoms with E-state index in [9.17, 15) is 13.2 Å². The van der Waals surface area contributed by atoms with Crippen LogP contribution in [0.15, 0.2) is 5.16 Å². The Morgan fingerprint density at radius 2 is 2.19 bits per heavy atom. The van der Waals surface area contributed by atoms with Crippen LogP contribution in [0, 0.1) is 5.92 Å². The highest BCUT2D eigenvalue weighted by Crippen LogP contribution is 2.29. The van der Waals surface area contributed by atoms with Crippen molar-refractivity contribution in [2.45, 2.75) is 12.6 Å². The van der Waals surface area contributed by atoms with Gasteiger partial charge in [-0.25, -0.2) is 0 Å². The quantitative estimate of drug-likeness (QED) is 0.240. The highest BCUT2D eigenvalue weighted by atomic mass is 32.2. The van der Waals surface area contributed by atoms with Gasteiger partial charge in [0.1, 0.15) is 5.92 Å². The van der Waals surface area contributed by atoms with Crippen molar-refractivity contribution in [2.24, 2.45) is 16.8 Å². The number of oxime groups is 1. The number of ether oxygens (including phenoxy) is 1. The molecule has 0 saturated heterocycles. The number of hydrogen-bond donors (Lipinski definition) is 2. The molecule has 0 heterocycles. The summed E-state index contributed by atoms with van der Waals surface area (Å²) in [5.41, 5.74) is 4.99. The number of thioether (sulfide) groups is 1. The van der Waals surface area contributed by atoms with Crippen molar-refractivity contribution in [3.05, 3.63) is 0 Å². The van der Waals surface area contributed by atoms with E-state index >= 15 is 0 Å². The fourth-order valence-corrected chi connectivity index (χ4v) is 2.01. The molecule has 16 heavy (non-hydrogen) atoms. The first-order chi connectivity index (χ1) is 7.43. The maximum absolute atomic E-state index is 12.4. The maximum atomic E-state index is 12.4. The summed E-state index contributed by atoms with van der Waals surface area (Å²) in [6.07, 6.45) is -3.81. The van der Waals surface area contributed by atoms with Crippen LogP contribution in [0.4, 0.5) is 13.2 Å². The Morgan fingerprint density at radius 3 is 2.62 bits per heavy atom. The molecule has 96 valence electrons. The minimum absolute atomic E-state index is 0.247. The van der Waals surface area contributed by atoms with E-state index in [1.807, 2.05) is 0 Å². The molecule has 0 spiro atoms. The molecule has 0 radical (unpaired) electrons.